The van der Waals surface area contributed by atoms with Gasteiger partial charge in [0, 0.05) is 18.6 Å². The third-order valence-corrected chi connectivity index (χ3v) is 2.77. The second-order valence-electron chi connectivity index (χ2n) is 3.96. The molecular weight excluding hydrogens is 174 g/mol. The van der Waals surface area contributed by atoms with Crippen LogP contribution in [0.25, 0.3) is 0 Å². The third kappa shape index (κ3) is 2.94. The van der Waals surface area contributed by atoms with Crippen molar-refractivity contribution in [3.63, 3.8) is 0 Å². The molecule has 80 valence electrons. The van der Waals surface area contributed by atoms with Gasteiger partial charge < -0.3 is 5.32 Å². The van der Waals surface area contributed by atoms with Crippen molar-refractivity contribution in [1.82, 2.24) is 16.2 Å². The molecule has 1 aliphatic heterocycles. The smallest absolute Gasteiger partial charge is 0.0419 e. The largest absolute Gasteiger partial charge is 0.312 e. The van der Waals surface area contributed by atoms with E-state index in [0.717, 1.165) is 19.4 Å². The molecule has 0 aromatic heterocycles. The van der Waals surface area contributed by atoms with Gasteiger partial charge in [-0.2, -0.15) is 0 Å². The average molecular weight is 195 g/mol. The van der Waals surface area contributed by atoms with Crippen molar-refractivity contribution < 1.29 is 0 Å². The first-order valence-electron chi connectivity index (χ1n) is 5.14. The molecule has 1 fully saturated rings. The molecule has 0 saturated carbocycles. The first-order chi connectivity index (χ1) is 6.65. The summed E-state index contributed by atoms with van der Waals surface area (Å²) in [6.45, 7) is 11.0. The molecule has 1 saturated heterocycles. The molecule has 2 atom stereocenters. The van der Waals surface area contributed by atoms with Crippen molar-refractivity contribution in [1.29, 1.82) is 0 Å². The molecule has 0 amide bonds. The van der Waals surface area contributed by atoms with Gasteiger partial charge >= 0.3 is 0 Å². The van der Waals surface area contributed by atoms with E-state index in [2.05, 4.69) is 36.2 Å². The van der Waals surface area contributed by atoms with Crippen molar-refractivity contribution in [2.45, 2.75) is 31.8 Å². The number of hydrogen-bond donors (Lipinski definition) is 3. The molecule has 0 radical (unpaired) electrons. The highest BCUT2D eigenvalue weighted by Gasteiger charge is 2.17. The van der Waals surface area contributed by atoms with Gasteiger partial charge in [-0.1, -0.05) is 24.3 Å². The van der Waals surface area contributed by atoms with Gasteiger partial charge in [-0.3, -0.25) is 10.9 Å². The van der Waals surface area contributed by atoms with Crippen LogP contribution in [0.3, 0.4) is 0 Å². The van der Waals surface area contributed by atoms with E-state index in [0.29, 0.717) is 12.1 Å². The quantitative estimate of drug-likeness (QED) is 0.574. The van der Waals surface area contributed by atoms with Gasteiger partial charge in [-0.05, 0) is 26.8 Å². The lowest BCUT2D eigenvalue weighted by atomic mass is 9.97. The van der Waals surface area contributed by atoms with Crippen molar-refractivity contribution in [3.05, 3.63) is 24.3 Å². The molecule has 0 spiro atoms. The SMILES string of the molecule is C=C(C)C1CCC(=C)C(NC)CNN1. The Bertz CT molecular complexity index is 223. The number of likely N-dealkylation sites (N-methyl/N-ethyl adjacent to an activating group) is 1. The highest BCUT2D eigenvalue weighted by molar-refractivity contribution is 5.11. The second kappa shape index (κ2) is 5.29. The third-order valence-electron chi connectivity index (χ3n) is 2.77. The van der Waals surface area contributed by atoms with Crippen LogP contribution in [-0.4, -0.2) is 25.7 Å². The van der Waals surface area contributed by atoms with Crippen molar-refractivity contribution >= 4 is 0 Å². The zero-order valence-electron chi connectivity index (χ0n) is 9.19. The lowest BCUT2D eigenvalue weighted by Gasteiger charge is -2.28. The number of nitrogens with one attached hydrogen (secondary N) is 3. The summed E-state index contributed by atoms with van der Waals surface area (Å²) < 4.78 is 0. The molecule has 0 bridgehead atoms. The van der Waals surface area contributed by atoms with Gasteiger partial charge in [0.25, 0.3) is 0 Å². The first kappa shape index (κ1) is 11.4. The molecule has 1 heterocycles. The van der Waals surface area contributed by atoms with Gasteiger partial charge in [0.1, 0.15) is 0 Å². The second-order valence-corrected chi connectivity index (χ2v) is 3.96. The van der Waals surface area contributed by atoms with Crippen LogP contribution in [0.5, 0.6) is 0 Å². The lowest BCUT2D eigenvalue weighted by molar-refractivity contribution is 0.392. The summed E-state index contributed by atoms with van der Waals surface area (Å²) >= 11 is 0. The summed E-state index contributed by atoms with van der Waals surface area (Å²) in [7, 11) is 1.97. The van der Waals surface area contributed by atoms with Gasteiger partial charge in [-0.25, -0.2) is 0 Å². The number of rotatable bonds is 2. The standard InChI is InChI=1S/C11H21N3/c1-8(2)10-6-5-9(3)11(12-4)7-13-14-10/h10-14H,1,3,5-7H2,2,4H3. The van der Waals surface area contributed by atoms with Crippen LogP contribution in [0.2, 0.25) is 0 Å². The number of hydrogen-bond acceptors (Lipinski definition) is 3. The summed E-state index contributed by atoms with van der Waals surface area (Å²) in [4.78, 5) is 0. The lowest BCUT2D eigenvalue weighted by Crippen LogP contribution is -2.50. The minimum absolute atomic E-state index is 0.365. The highest BCUT2D eigenvalue weighted by Crippen LogP contribution is 2.14. The van der Waals surface area contributed by atoms with Crippen molar-refractivity contribution in [2.24, 2.45) is 0 Å². The minimum Gasteiger partial charge on any atom is -0.312 e. The normalized spacial score (nSPS) is 29.4. The Hall–Kier alpha value is -0.640. The Kier molecular flexibility index (Phi) is 4.32. The number of hydrazine groups is 1. The van der Waals surface area contributed by atoms with E-state index in [1.54, 1.807) is 0 Å². The zero-order valence-corrected chi connectivity index (χ0v) is 9.19. The van der Waals surface area contributed by atoms with E-state index in [9.17, 15) is 0 Å². The van der Waals surface area contributed by atoms with Crippen LogP contribution in [0.1, 0.15) is 19.8 Å². The maximum atomic E-state index is 4.10. The molecule has 14 heavy (non-hydrogen) atoms. The Balaban J connectivity index is 2.52. The molecule has 3 nitrogen and oxygen atoms in total. The molecule has 3 N–H and O–H groups in total. The van der Waals surface area contributed by atoms with Crippen LogP contribution in [0.4, 0.5) is 0 Å². The minimum atomic E-state index is 0.365. The molecule has 2 unspecified atom stereocenters. The predicted octanol–water partition coefficient (Wildman–Crippen LogP) is 0.963. The fraction of sp³-hybridized carbons (Fsp3) is 0.636. The molecule has 0 aromatic rings. The zero-order chi connectivity index (χ0) is 10.6. The van der Waals surface area contributed by atoms with Crippen molar-refractivity contribution in [2.75, 3.05) is 13.6 Å². The molecular formula is C11H21N3. The van der Waals surface area contributed by atoms with Crippen LogP contribution >= 0.6 is 0 Å². The maximum absolute atomic E-state index is 4.10. The van der Waals surface area contributed by atoms with Gasteiger partial charge in [-0.15, -0.1) is 0 Å². The van der Waals surface area contributed by atoms with E-state index in [4.69, 9.17) is 0 Å². The van der Waals surface area contributed by atoms with Crippen molar-refractivity contribution in [3.8, 4) is 0 Å². The summed E-state index contributed by atoms with van der Waals surface area (Å²) in [5.41, 5.74) is 8.94. The average Bonchev–Trinajstić information content (AvgIpc) is 2.12. The summed E-state index contributed by atoms with van der Waals surface area (Å²) in [5, 5.41) is 3.24. The monoisotopic (exact) mass is 195 g/mol. The molecule has 1 aliphatic rings. The molecule has 3 heteroatoms. The molecule has 0 aliphatic carbocycles. The Morgan fingerprint density at radius 3 is 2.86 bits per heavy atom. The van der Waals surface area contributed by atoms with E-state index >= 15 is 0 Å². The Morgan fingerprint density at radius 2 is 2.29 bits per heavy atom. The fourth-order valence-corrected chi connectivity index (χ4v) is 1.68. The Morgan fingerprint density at radius 1 is 1.57 bits per heavy atom. The molecule has 1 rings (SSSR count). The van der Waals surface area contributed by atoms with E-state index in [1.165, 1.54) is 11.1 Å². The summed E-state index contributed by atoms with van der Waals surface area (Å²) in [5.74, 6) is 0. The van der Waals surface area contributed by atoms with E-state index in [-0.39, 0.29) is 0 Å². The van der Waals surface area contributed by atoms with E-state index in [1.807, 2.05) is 7.05 Å². The first-order valence-corrected chi connectivity index (χ1v) is 5.14. The van der Waals surface area contributed by atoms with Crippen LogP contribution < -0.4 is 16.2 Å². The predicted molar refractivity (Wildman–Crippen MR) is 61.0 cm³/mol. The van der Waals surface area contributed by atoms with Gasteiger partial charge in [0.2, 0.25) is 0 Å². The van der Waals surface area contributed by atoms with E-state index < -0.39 is 0 Å². The summed E-state index contributed by atoms with van der Waals surface area (Å²) in [6, 6.07) is 0.734. The van der Waals surface area contributed by atoms with Crippen LogP contribution in [-0.2, 0) is 0 Å². The Labute approximate surface area is 86.6 Å². The molecule has 0 aromatic carbocycles. The highest BCUT2D eigenvalue weighted by atomic mass is 15.4. The fourth-order valence-electron chi connectivity index (χ4n) is 1.68. The summed E-state index contributed by atoms with van der Waals surface area (Å²) in [6.07, 6.45) is 2.12. The topological polar surface area (TPSA) is 36.1 Å². The van der Waals surface area contributed by atoms with Crippen LogP contribution in [0.15, 0.2) is 24.3 Å². The van der Waals surface area contributed by atoms with Gasteiger partial charge in [0.15, 0.2) is 0 Å². The van der Waals surface area contributed by atoms with Gasteiger partial charge in [0.05, 0.1) is 0 Å². The van der Waals surface area contributed by atoms with Crippen LogP contribution in [0, 0.1) is 0 Å². The maximum Gasteiger partial charge on any atom is 0.0419 e.